The van der Waals surface area contributed by atoms with Gasteiger partial charge in [-0.05, 0) is 12.1 Å². The Labute approximate surface area is 112 Å². The normalized spacial score (nSPS) is 13.4. The number of thioether (sulfide) groups is 1. The van der Waals surface area contributed by atoms with Crippen LogP contribution in [0.3, 0.4) is 0 Å². The Morgan fingerprint density at radius 1 is 1.35 bits per heavy atom. The van der Waals surface area contributed by atoms with Crippen molar-refractivity contribution < 1.29 is 4.92 Å². The van der Waals surface area contributed by atoms with Crippen molar-refractivity contribution >= 4 is 37.1 Å². The molecule has 1 rings (SSSR count). The average Bonchev–Trinajstić information content (AvgIpc) is 2.24. The summed E-state index contributed by atoms with van der Waals surface area (Å²) in [6.45, 7) is 6.83. The van der Waals surface area contributed by atoms with Gasteiger partial charge >= 0.3 is 0 Å². The van der Waals surface area contributed by atoms with E-state index in [1.54, 1.807) is 23.9 Å². The van der Waals surface area contributed by atoms with E-state index in [-0.39, 0.29) is 10.6 Å². The van der Waals surface area contributed by atoms with E-state index in [1.807, 2.05) is 0 Å². The summed E-state index contributed by atoms with van der Waals surface area (Å²) in [5, 5.41) is 10.5. The number of nitrogens with zero attached hydrogens (tertiary/aromatic N) is 1. The molecule has 1 aromatic carbocycles. The second-order valence-corrected chi connectivity index (χ2v) is 12.3. The van der Waals surface area contributed by atoms with E-state index in [0.717, 1.165) is 4.90 Å². The molecule has 1 atom stereocenters. The molecule has 94 valence electrons. The molecule has 1 aromatic rings. The Kier molecular flexibility index (Phi) is 5.03. The van der Waals surface area contributed by atoms with Gasteiger partial charge in [0, 0.05) is 27.8 Å². The summed E-state index contributed by atoms with van der Waals surface area (Å²) in [6, 6.07) is 6.67. The molecule has 0 fully saturated rings. The molecule has 0 bridgehead atoms. The molecule has 6 heteroatoms. The quantitative estimate of drug-likeness (QED) is 0.269. The number of non-ortho nitro benzene ring substituents is 1. The first-order chi connectivity index (χ1) is 7.84. The molecule has 0 aliphatic rings. The highest BCUT2D eigenvalue weighted by Gasteiger charge is 2.26. The van der Waals surface area contributed by atoms with Crippen molar-refractivity contribution in [2.45, 2.75) is 29.4 Å². The summed E-state index contributed by atoms with van der Waals surface area (Å²) >= 11 is 7.71. The van der Waals surface area contributed by atoms with Gasteiger partial charge in [0.25, 0.3) is 5.69 Å². The third-order valence-corrected chi connectivity index (χ3v) is 8.79. The standard InChI is InChI=1S/C11H16ClNO2SSi/c1-17(2,3)11(8-12)16-10-6-4-9(5-7-10)13(14)15/h4-7,11H,8H2,1-3H3. The number of benzene rings is 1. The number of nitro benzene ring substituents is 1. The van der Waals surface area contributed by atoms with Crippen molar-refractivity contribution in [3.63, 3.8) is 0 Å². The maximum absolute atomic E-state index is 10.5. The fraction of sp³-hybridized carbons (Fsp3) is 0.455. The lowest BCUT2D eigenvalue weighted by molar-refractivity contribution is -0.384. The molecule has 0 heterocycles. The van der Waals surface area contributed by atoms with Crippen LogP contribution in [-0.2, 0) is 0 Å². The number of nitro groups is 1. The Hall–Kier alpha value is -0.523. The van der Waals surface area contributed by atoms with Gasteiger partial charge in [0.15, 0.2) is 0 Å². The van der Waals surface area contributed by atoms with Gasteiger partial charge in [0.1, 0.15) is 0 Å². The zero-order valence-electron chi connectivity index (χ0n) is 10.1. The van der Waals surface area contributed by atoms with Crippen LogP contribution < -0.4 is 0 Å². The molecular formula is C11H16ClNO2SSi. The van der Waals surface area contributed by atoms with E-state index in [4.69, 9.17) is 11.6 Å². The van der Waals surface area contributed by atoms with E-state index in [0.29, 0.717) is 10.8 Å². The Morgan fingerprint density at radius 3 is 2.24 bits per heavy atom. The Morgan fingerprint density at radius 2 is 1.88 bits per heavy atom. The van der Waals surface area contributed by atoms with Crippen LogP contribution in [0.5, 0.6) is 0 Å². The van der Waals surface area contributed by atoms with Crippen molar-refractivity contribution in [2.24, 2.45) is 0 Å². The van der Waals surface area contributed by atoms with E-state index in [1.165, 1.54) is 12.1 Å². The van der Waals surface area contributed by atoms with Crippen molar-refractivity contribution in [1.82, 2.24) is 0 Å². The van der Waals surface area contributed by atoms with Gasteiger partial charge in [-0.15, -0.1) is 23.4 Å². The van der Waals surface area contributed by atoms with Gasteiger partial charge in [-0.1, -0.05) is 19.6 Å². The Balaban J connectivity index is 2.78. The molecule has 0 aliphatic carbocycles. The third-order valence-electron chi connectivity index (χ3n) is 2.43. The molecule has 0 N–H and O–H groups in total. The van der Waals surface area contributed by atoms with Gasteiger partial charge in [-0.3, -0.25) is 10.1 Å². The summed E-state index contributed by atoms with van der Waals surface area (Å²) in [5.74, 6) is 0.622. The maximum Gasteiger partial charge on any atom is 0.269 e. The smallest absolute Gasteiger partial charge is 0.258 e. The van der Waals surface area contributed by atoms with Gasteiger partial charge in [0.05, 0.1) is 13.0 Å². The summed E-state index contributed by atoms with van der Waals surface area (Å²) in [6.07, 6.45) is 0. The van der Waals surface area contributed by atoms with Crippen LogP contribution in [0.4, 0.5) is 5.69 Å². The topological polar surface area (TPSA) is 43.1 Å². The van der Waals surface area contributed by atoms with Crippen LogP contribution in [0.15, 0.2) is 29.2 Å². The fourth-order valence-corrected chi connectivity index (χ4v) is 5.80. The van der Waals surface area contributed by atoms with E-state index in [9.17, 15) is 10.1 Å². The SMILES string of the molecule is C[Si](C)(C)C(CCl)Sc1ccc([N+](=O)[O-])cc1. The molecule has 17 heavy (non-hydrogen) atoms. The van der Waals surface area contributed by atoms with Gasteiger partial charge < -0.3 is 0 Å². The summed E-state index contributed by atoms with van der Waals surface area (Å²) in [4.78, 5) is 11.6. The number of rotatable bonds is 5. The second kappa shape index (κ2) is 5.89. The van der Waals surface area contributed by atoms with Gasteiger partial charge in [-0.25, -0.2) is 0 Å². The lowest BCUT2D eigenvalue weighted by Crippen LogP contribution is -2.36. The van der Waals surface area contributed by atoms with Crippen LogP contribution in [0.25, 0.3) is 0 Å². The number of alkyl halides is 1. The summed E-state index contributed by atoms with van der Waals surface area (Å²) < 4.78 is 0. The molecule has 0 saturated heterocycles. The average molecular weight is 290 g/mol. The highest BCUT2D eigenvalue weighted by atomic mass is 35.5. The summed E-state index contributed by atoms with van der Waals surface area (Å²) in [7, 11) is -1.31. The van der Waals surface area contributed by atoms with Crippen LogP contribution in [-0.4, -0.2) is 23.8 Å². The molecule has 0 aromatic heterocycles. The molecular weight excluding hydrogens is 274 g/mol. The van der Waals surface area contributed by atoms with Gasteiger partial charge in [0.2, 0.25) is 0 Å². The highest BCUT2D eigenvalue weighted by molar-refractivity contribution is 8.01. The van der Waals surface area contributed by atoms with Crippen molar-refractivity contribution in [2.75, 3.05) is 5.88 Å². The van der Waals surface area contributed by atoms with Crippen molar-refractivity contribution in [3.8, 4) is 0 Å². The van der Waals surface area contributed by atoms with E-state index in [2.05, 4.69) is 19.6 Å². The van der Waals surface area contributed by atoms with Crippen LogP contribution in [0, 0.1) is 10.1 Å². The maximum atomic E-state index is 10.5. The second-order valence-electron chi connectivity index (χ2n) is 4.88. The van der Waals surface area contributed by atoms with E-state index >= 15 is 0 Å². The van der Waals surface area contributed by atoms with Crippen LogP contribution in [0.1, 0.15) is 0 Å². The lowest BCUT2D eigenvalue weighted by atomic mass is 10.3. The third kappa shape index (κ3) is 4.33. The molecule has 0 aliphatic heterocycles. The largest absolute Gasteiger partial charge is 0.269 e. The minimum Gasteiger partial charge on any atom is -0.258 e. The minimum absolute atomic E-state index is 0.129. The lowest BCUT2D eigenvalue weighted by Gasteiger charge is -2.26. The number of halogens is 1. The van der Waals surface area contributed by atoms with Crippen LogP contribution >= 0.6 is 23.4 Å². The first-order valence-corrected chi connectivity index (χ1v) is 10.3. The van der Waals surface area contributed by atoms with Crippen LogP contribution in [0.2, 0.25) is 19.6 Å². The number of hydrogen-bond donors (Lipinski definition) is 0. The number of hydrogen-bond acceptors (Lipinski definition) is 3. The zero-order valence-corrected chi connectivity index (χ0v) is 12.7. The molecule has 0 radical (unpaired) electrons. The van der Waals surface area contributed by atoms with E-state index < -0.39 is 8.07 Å². The molecule has 1 unspecified atom stereocenters. The zero-order chi connectivity index (χ0) is 13.1. The fourth-order valence-electron chi connectivity index (χ4n) is 1.25. The minimum atomic E-state index is -1.31. The monoisotopic (exact) mass is 289 g/mol. The first-order valence-electron chi connectivity index (χ1n) is 5.31. The molecule has 0 amide bonds. The molecule has 3 nitrogen and oxygen atoms in total. The molecule has 0 spiro atoms. The van der Waals surface area contributed by atoms with Crippen molar-refractivity contribution in [1.29, 1.82) is 0 Å². The van der Waals surface area contributed by atoms with Crippen molar-refractivity contribution in [3.05, 3.63) is 34.4 Å². The molecule has 0 saturated carbocycles. The Bertz CT molecular complexity index is 391. The predicted octanol–water partition coefficient (Wildman–Crippen LogP) is 4.17. The first kappa shape index (κ1) is 14.5. The predicted molar refractivity (Wildman–Crippen MR) is 76.8 cm³/mol. The highest BCUT2D eigenvalue weighted by Crippen LogP contribution is 2.31. The summed E-state index contributed by atoms with van der Waals surface area (Å²) in [5.41, 5.74) is 0.129. The van der Waals surface area contributed by atoms with Gasteiger partial charge in [-0.2, -0.15) is 0 Å².